The Bertz CT molecular complexity index is 619. The molecule has 0 bridgehead atoms. The van der Waals surface area contributed by atoms with Crippen LogP contribution >= 0.6 is 15.9 Å². The smallest absolute Gasteiger partial charge is 0.137 e. The van der Waals surface area contributed by atoms with Gasteiger partial charge < -0.3 is 10.6 Å². The minimum absolute atomic E-state index is 0.209. The van der Waals surface area contributed by atoms with Crippen molar-refractivity contribution in [3.63, 3.8) is 0 Å². The lowest BCUT2D eigenvalue weighted by molar-refractivity contribution is 0.598. The van der Waals surface area contributed by atoms with E-state index in [4.69, 9.17) is 5.73 Å². The second kappa shape index (κ2) is 7.00. The molecule has 0 aliphatic rings. The first-order chi connectivity index (χ1) is 10.1. The average molecular weight is 355 g/mol. The molecule has 2 aromatic carbocycles. The van der Waals surface area contributed by atoms with Crippen LogP contribution in [-0.2, 0) is 0 Å². The molecule has 0 radical (unpaired) electrons. The zero-order valence-electron chi connectivity index (χ0n) is 11.7. The van der Waals surface area contributed by atoms with Gasteiger partial charge in [0.25, 0.3) is 0 Å². The minimum Gasteiger partial charge on any atom is -0.363 e. The predicted molar refractivity (Wildman–Crippen MR) is 85.3 cm³/mol. The molecular formula is C16H17BrF2N2. The highest BCUT2D eigenvalue weighted by atomic mass is 79.9. The summed E-state index contributed by atoms with van der Waals surface area (Å²) in [6.45, 7) is 2.91. The summed E-state index contributed by atoms with van der Waals surface area (Å²) < 4.78 is 27.6. The molecule has 2 aromatic rings. The lowest BCUT2D eigenvalue weighted by Gasteiger charge is -2.32. The zero-order chi connectivity index (χ0) is 15.4. The van der Waals surface area contributed by atoms with Crippen LogP contribution in [0.5, 0.6) is 0 Å². The molecule has 0 heterocycles. The number of nitrogens with two attached hydrogens (primary N) is 1. The van der Waals surface area contributed by atoms with E-state index in [0.717, 1.165) is 11.3 Å². The van der Waals surface area contributed by atoms with Gasteiger partial charge in [-0.25, -0.2) is 8.78 Å². The summed E-state index contributed by atoms with van der Waals surface area (Å²) in [7, 11) is 0. The molecule has 0 fully saturated rings. The maximum Gasteiger partial charge on any atom is 0.137 e. The molecule has 1 unspecified atom stereocenters. The van der Waals surface area contributed by atoms with Crippen molar-refractivity contribution in [2.75, 3.05) is 18.0 Å². The Balaban J connectivity index is 2.39. The van der Waals surface area contributed by atoms with Crippen LogP contribution in [0.2, 0.25) is 0 Å². The summed E-state index contributed by atoms with van der Waals surface area (Å²) in [5, 5.41) is 0. The van der Waals surface area contributed by atoms with Crippen molar-refractivity contribution in [3.8, 4) is 0 Å². The Hall–Kier alpha value is -1.46. The third-order valence-electron chi connectivity index (χ3n) is 3.41. The van der Waals surface area contributed by atoms with Gasteiger partial charge >= 0.3 is 0 Å². The van der Waals surface area contributed by atoms with E-state index in [0.29, 0.717) is 17.6 Å². The van der Waals surface area contributed by atoms with E-state index < -0.39 is 0 Å². The first-order valence-electron chi connectivity index (χ1n) is 6.74. The van der Waals surface area contributed by atoms with E-state index in [1.807, 2.05) is 24.0 Å². The lowest BCUT2D eigenvalue weighted by Crippen LogP contribution is -2.33. The Morgan fingerprint density at radius 2 is 1.95 bits per heavy atom. The van der Waals surface area contributed by atoms with Crippen LogP contribution < -0.4 is 10.6 Å². The number of anilines is 1. The van der Waals surface area contributed by atoms with Crippen molar-refractivity contribution in [1.82, 2.24) is 0 Å². The van der Waals surface area contributed by atoms with Crippen molar-refractivity contribution in [3.05, 3.63) is 64.1 Å². The minimum atomic E-state index is -0.332. The van der Waals surface area contributed by atoms with Crippen molar-refractivity contribution >= 4 is 21.6 Å². The number of hydrogen-bond acceptors (Lipinski definition) is 2. The summed E-state index contributed by atoms with van der Waals surface area (Å²) in [5.74, 6) is -0.634. The van der Waals surface area contributed by atoms with Gasteiger partial charge in [0.2, 0.25) is 0 Å². The van der Waals surface area contributed by atoms with E-state index in [1.165, 1.54) is 18.2 Å². The third-order valence-corrected chi connectivity index (χ3v) is 4.05. The van der Waals surface area contributed by atoms with Crippen LogP contribution in [0.1, 0.15) is 18.5 Å². The molecule has 5 heteroatoms. The van der Waals surface area contributed by atoms with Gasteiger partial charge in [0.1, 0.15) is 11.6 Å². The number of benzene rings is 2. The van der Waals surface area contributed by atoms with E-state index in [2.05, 4.69) is 15.9 Å². The topological polar surface area (TPSA) is 29.3 Å². The predicted octanol–water partition coefficient (Wildman–Crippen LogP) is 4.25. The largest absolute Gasteiger partial charge is 0.363 e. The van der Waals surface area contributed by atoms with E-state index in [9.17, 15) is 8.78 Å². The van der Waals surface area contributed by atoms with Crippen molar-refractivity contribution < 1.29 is 8.78 Å². The van der Waals surface area contributed by atoms with E-state index in [-0.39, 0.29) is 17.7 Å². The normalized spacial score (nSPS) is 12.2. The summed E-state index contributed by atoms with van der Waals surface area (Å²) in [4.78, 5) is 1.96. The SMILES string of the molecule is CCN(c1cccc(F)c1)C(CN)c1ccc(Br)c(F)c1. The molecule has 2 nitrogen and oxygen atoms in total. The maximum atomic E-state index is 13.7. The quantitative estimate of drug-likeness (QED) is 0.869. The molecule has 0 spiro atoms. The fourth-order valence-corrected chi connectivity index (χ4v) is 2.65. The number of halogens is 3. The van der Waals surface area contributed by atoms with Gasteiger partial charge in [-0.2, -0.15) is 0 Å². The molecular weight excluding hydrogens is 338 g/mol. The average Bonchev–Trinajstić information content (AvgIpc) is 2.47. The standard InChI is InChI=1S/C16H17BrF2N2/c1-2-21(13-5-3-4-12(18)9-13)16(10-20)11-6-7-14(17)15(19)8-11/h3-9,16H,2,10,20H2,1H3. The monoisotopic (exact) mass is 354 g/mol. The van der Waals surface area contributed by atoms with Crippen LogP contribution in [0.15, 0.2) is 46.9 Å². The summed E-state index contributed by atoms with van der Waals surface area (Å²) in [6, 6.07) is 11.1. The van der Waals surface area contributed by atoms with Crippen molar-refractivity contribution in [2.45, 2.75) is 13.0 Å². The molecule has 2 rings (SSSR count). The van der Waals surface area contributed by atoms with Crippen LogP contribution in [0, 0.1) is 11.6 Å². The summed E-state index contributed by atoms with van der Waals surface area (Å²) >= 11 is 3.14. The molecule has 1 atom stereocenters. The van der Waals surface area contributed by atoms with Crippen LogP contribution in [0.25, 0.3) is 0 Å². The Morgan fingerprint density at radius 3 is 2.52 bits per heavy atom. The Kier molecular flexibility index (Phi) is 5.31. The van der Waals surface area contributed by atoms with Gasteiger partial charge in [-0.3, -0.25) is 0 Å². The van der Waals surface area contributed by atoms with Gasteiger partial charge in [0.05, 0.1) is 10.5 Å². The molecule has 112 valence electrons. The summed E-state index contributed by atoms with van der Waals surface area (Å²) in [6.07, 6.45) is 0. The molecule has 0 aliphatic carbocycles. The molecule has 0 saturated carbocycles. The highest BCUT2D eigenvalue weighted by molar-refractivity contribution is 9.10. The van der Waals surface area contributed by atoms with Crippen molar-refractivity contribution in [1.29, 1.82) is 0 Å². The third kappa shape index (κ3) is 3.60. The van der Waals surface area contributed by atoms with Gasteiger partial charge in [-0.15, -0.1) is 0 Å². The van der Waals surface area contributed by atoms with Crippen LogP contribution in [-0.4, -0.2) is 13.1 Å². The molecule has 2 N–H and O–H groups in total. The number of rotatable bonds is 5. The number of nitrogens with zero attached hydrogens (tertiary/aromatic N) is 1. The van der Waals surface area contributed by atoms with Crippen LogP contribution in [0.3, 0.4) is 0 Å². The first-order valence-corrected chi connectivity index (χ1v) is 7.53. The van der Waals surface area contributed by atoms with Crippen LogP contribution in [0.4, 0.5) is 14.5 Å². The fraction of sp³-hybridized carbons (Fsp3) is 0.250. The Morgan fingerprint density at radius 1 is 1.19 bits per heavy atom. The lowest BCUT2D eigenvalue weighted by atomic mass is 10.0. The zero-order valence-corrected chi connectivity index (χ0v) is 13.3. The molecule has 0 saturated heterocycles. The molecule has 0 amide bonds. The maximum absolute atomic E-state index is 13.7. The number of likely N-dealkylation sites (N-methyl/N-ethyl adjacent to an activating group) is 1. The highest BCUT2D eigenvalue weighted by Crippen LogP contribution is 2.28. The van der Waals surface area contributed by atoms with Gasteiger partial charge in [-0.05, 0) is 58.7 Å². The molecule has 0 aliphatic heterocycles. The van der Waals surface area contributed by atoms with E-state index in [1.54, 1.807) is 12.1 Å². The Labute approximate surface area is 131 Å². The summed E-state index contributed by atoms with van der Waals surface area (Å²) in [5.41, 5.74) is 7.38. The van der Waals surface area contributed by atoms with E-state index >= 15 is 0 Å². The van der Waals surface area contributed by atoms with Gasteiger partial charge in [0, 0.05) is 18.8 Å². The fourth-order valence-electron chi connectivity index (χ4n) is 2.40. The molecule has 21 heavy (non-hydrogen) atoms. The highest BCUT2D eigenvalue weighted by Gasteiger charge is 2.19. The van der Waals surface area contributed by atoms with Crippen molar-refractivity contribution in [2.24, 2.45) is 5.73 Å². The first kappa shape index (κ1) is 15.9. The number of hydrogen-bond donors (Lipinski definition) is 1. The second-order valence-corrected chi connectivity index (χ2v) is 5.55. The van der Waals surface area contributed by atoms with Gasteiger partial charge in [-0.1, -0.05) is 12.1 Å². The second-order valence-electron chi connectivity index (χ2n) is 4.69. The molecule has 0 aromatic heterocycles. The van der Waals surface area contributed by atoms with Gasteiger partial charge in [0.15, 0.2) is 0 Å².